The van der Waals surface area contributed by atoms with Crippen molar-refractivity contribution < 1.29 is 27.1 Å². The number of alkyl halides is 2. The molecule has 1 aliphatic carbocycles. The molecule has 4 heterocycles. The molecule has 2 aliphatic heterocycles. The molecule has 0 atom stereocenters. The molecule has 0 radical (unpaired) electrons. The predicted octanol–water partition coefficient (Wildman–Crippen LogP) is 3.33. The van der Waals surface area contributed by atoms with Crippen molar-refractivity contribution in [1.29, 1.82) is 0 Å². The third kappa shape index (κ3) is 5.94. The van der Waals surface area contributed by atoms with Crippen molar-refractivity contribution in [2.24, 2.45) is 5.41 Å². The highest BCUT2D eigenvalue weighted by molar-refractivity contribution is 7.92. The van der Waals surface area contributed by atoms with Crippen LogP contribution in [0.2, 0.25) is 0 Å². The number of aliphatic hydroxyl groups is 1. The Kier molecular flexibility index (Phi) is 7.00. The fourth-order valence-corrected chi connectivity index (χ4v) is 6.62. The van der Waals surface area contributed by atoms with Crippen molar-refractivity contribution >= 4 is 44.3 Å². The topological polar surface area (TPSA) is 132 Å². The smallest absolute Gasteiger partial charge is 0.257 e. The summed E-state index contributed by atoms with van der Waals surface area (Å²) in [6.07, 6.45) is 7.10. The van der Waals surface area contributed by atoms with Gasteiger partial charge in [-0.1, -0.05) is 0 Å². The van der Waals surface area contributed by atoms with Gasteiger partial charge in [-0.2, -0.15) is 0 Å². The van der Waals surface area contributed by atoms with Gasteiger partial charge in [0.15, 0.2) is 5.65 Å². The van der Waals surface area contributed by atoms with Gasteiger partial charge >= 0.3 is 0 Å². The fourth-order valence-electron chi connectivity index (χ4n) is 5.79. The van der Waals surface area contributed by atoms with Crippen molar-refractivity contribution in [3.63, 3.8) is 0 Å². The summed E-state index contributed by atoms with van der Waals surface area (Å²) in [7, 11) is -3.75. The van der Waals surface area contributed by atoms with Gasteiger partial charge in [0, 0.05) is 45.2 Å². The SMILES string of the molecule is O=C(Nc1cc(N2CCC(F)(F)CC2)c2nncn2c1)c1ccc(NS(=O)(=O)CCO)cc1N1CCC2(CC1)CC2. The molecule has 11 nitrogen and oxygen atoms in total. The number of nitrogens with zero attached hydrogens (tertiary/aromatic N) is 5. The lowest BCUT2D eigenvalue weighted by molar-refractivity contribution is -0.0220. The second-order valence-electron chi connectivity index (χ2n) is 11.3. The lowest BCUT2D eigenvalue weighted by Gasteiger charge is -2.35. The Hall–Kier alpha value is -3.52. The predicted molar refractivity (Wildman–Crippen MR) is 151 cm³/mol. The maximum Gasteiger partial charge on any atom is 0.257 e. The highest BCUT2D eigenvalue weighted by Crippen LogP contribution is 2.54. The summed E-state index contributed by atoms with van der Waals surface area (Å²) in [5.74, 6) is -3.52. The molecule has 1 aromatic carbocycles. The summed E-state index contributed by atoms with van der Waals surface area (Å²) in [5.41, 5.74) is 3.28. The summed E-state index contributed by atoms with van der Waals surface area (Å²) >= 11 is 0. The maximum absolute atomic E-state index is 13.8. The third-order valence-electron chi connectivity index (χ3n) is 8.46. The molecule has 41 heavy (non-hydrogen) atoms. The largest absolute Gasteiger partial charge is 0.395 e. The van der Waals surface area contributed by atoms with E-state index in [-0.39, 0.29) is 31.8 Å². The molecular weight excluding hydrogens is 556 g/mol. The van der Waals surface area contributed by atoms with Gasteiger partial charge in [-0.25, -0.2) is 17.2 Å². The maximum atomic E-state index is 13.8. The fraction of sp³-hybridized carbons (Fsp3) is 0.519. The van der Waals surface area contributed by atoms with Crippen LogP contribution in [0.25, 0.3) is 5.65 Å². The number of carbonyl (C=O) groups is 1. The average Bonchev–Trinajstić information content (AvgIpc) is 3.50. The number of nitrogens with one attached hydrogen (secondary N) is 2. The number of sulfonamides is 1. The van der Waals surface area contributed by atoms with E-state index in [1.165, 1.54) is 25.2 Å². The third-order valence-corrected chi connectivity index (χ3v) is 9.73. The minimum atomic E-state index is -3.75. The van der Waals surface area contributed by atoms with Gasteiger partial charge < -0.3 is 20.2 Å². The van der Waals surface area contributed by atoms with E-state index in [1.54, 1.807) is 28.8 Å². The van der Waals surface area contributed by atoms with Crippen LogP contribution in [0.15, 0.2) is 36.8 Å². The van der Waals surface area contributed by atoms with E-state index in [9.17, 15) is 22.0 Å². The molecule has 3 aromatic rings. The normalized spacial score (nSPS) is 19.9. The molecular formula is C27H33F2N7O4S. The summed E-state index contributed by atoms with van der Waals surface area (Å²) in [6, 6.07) is 6.51. The van der Waals surface area contributed by atoms with Gasteiger partial charge in [-0.15, -0.1) is 10.2 Å². The molecule has 0 unspecified atom stereocenters. The van der Waals surface area contributed by atoms with E-state index >= 15 is 0 Å². The number of carbonyl (C=O) groups excluding carboxylic acids is 1. The Morgan fingerprint density at radius 2 is 1.61 bits per heavy atom. The molecule has 220 valence electrons. The van der Waals surface area contributed by atoms with Crippen LogP contribution in [0.3, 0.4) is 0 Å². The Morgan fingerprint density at radius 1 is 0.951 bits per heavy atom. The summed E-state index contributed by atoms with van der Waals surface area (Å²) in [6.45, 7) is 1.31. The molecule has 3 N–H and O–H groups in total. The molecule has 1 saturated carbocycles. The summed E-state index contributed by atoms with van der Waals surface area (Å²) in [5, 5.41) is 20.1. The number of benzene rings is 1. The Bertz CT molecular complexity index is 1550. The standard InChI is InChI=1S/C27H33F2N7O4S/c28-27(29)7-11-35(12-8-27)23-16-20(17-36-18-30-32-24(23)36)31-25(38)21-2-1-19(33-41(39,40)14-13-37)15-22(21)34-9-5-26(3-4-26)6-10-34/h1-2,15-18,33,37H,3-14H2,(H,31,38). The van der Waals surface area contributed by atoms with E-state index in [1.807, 2.05) is 4.90 Å². The molecule has 6 rings (SSSR count). The van der Waals surface area contributed by atoms with Crippen LogP contribution in [0.4, 0.5) is 31.5 Å². The Labute approximate surface area is 236 Å². The molecule has 3 aliphatic rings. The number of halogens is 2. The van der Waals surface area contributed by atoms with Gasteiger partial charge in [0.2, 0.25) is 10.0 Å². The summed E-state index contributed by atoms with van der Waals surface area (Å²) < 4.78 is 56.4. The zero-order valence-corrected chi connectivity index (χ0v) is 23.3. The van der Waals surface area contributed by atoms with Crippen molar-refractivity contribution in [2.45, 2.75) is 44.4 Å². The number of aromatic nitrogens is 3. The van der Waals surface area contributed by atoms with E-state index in [4.69, 9.17) is 5.11 Å². The molecule has 2 saturated heterocycles. The van der Waals surface area contributed by atoms with Crippen LogP contribution in [0.1, 0.15) is 48.9 Å². The van der Waals surface area contributed by atoms with Crippen LogP contribution in [0, 0.1) is 5.41 Å². The second-order valence-corrected chi connectivity index (χ2v) is 13.2. The highest BCUT2D eigenvalue weighted by atomic mass is 32.2. The van der Waals surface area contributed by atoms with Crippen LogP contribution in [-0.4, -0.2) is 78.5 Å². The first-order valence-electron chi connectivity index (χ1n) is 13.8. The number of aliphatic hydroxyl groups excluding tert-OH is 1. The molecule has 14 heteroatoms. The zero-order valence-electron chi connectivity index (χ0n) is 22.5. The second kappa shape index (κ2) is 10.4. The minimum Gasteiger partial charge on any atom is -0.395 e. The highest BCUT2D eigenvalue weighted by Gasteiger charge is 2.44. The van der Waals surface area contributed by atoms with Gasteiger partial charge in [0.05, 0.1) is 40.7 Å². The Balaban J connectivity index is 1.29. The van der Waals surface area contributed by atoms with E-state index in [2.05, 4.69) is 25.1 Å². The lowest BCUT2D eigenvalue weighted by atomic mass is 9.93. The molecule has 3 fully saturated rings. The van der Waals surface area contributed by atoms with Crippen LogP contribution < -0.4 is 19.8 Å². The Morgan fingerprint density at radius 3 is 2.29 bits per heavy atom. The van der Waals surface area contributed by atoms with Crippen LogP contribution in [-0.2, 0) is 10.0 Å². The number of hydrogen-bond acceptors (Lipinski definition) is 8. The number of piperidine rings is 2. The number of amides is 1. The lowest BCUT2D eigenvalue weighted by Crippen LogP contribution is -2.39. The average molecular weight is 590 g/mol. The van der Waals surface area contributed by atoms with Crippen LogP contribution in [0.5, 0.6) is 0 Å². The molecule has 1 amide bonds. The van der Waals surface area contributed by atoms with Crippen molar-refractivity contribution in [1.82, 2.24) is 14.6 Å². The van der Waals surface area contributed by atoms with Crippen molar-refractivity contribution in [3.8, 4) is 0 Å². The number of pyridine rings is 1. The molecule has 2 aromatic heterocycles. The van der Waals surface area contributed by atoms with Gasteiger partial charge in [0.1, 0.15) is 6.33 Å². The van der Waals surface area contributed by atoms with E-state index in [0.29, 0.717) is 39.4 Å². The first kappa shape index (κ1) is 27.6. The first-order valence-corrected chi connectivity index (χ1v) is 15.5. The van der Waals surface area contributed by atoms with E-state index < -0.39 is 28.3 Å². The molecule has 1 spiro atoms. The van der Waals surface area contributed by atoms with E-state index in [0.717, 1.165) is 25.9 Å². The van der Waals surface area contributed by atoms with Gasteiger partial charge in [-0.3, -0.25) is 13.9 Å². The van der Waals surface area contributed by atoms with Gasteiger partial charge in [-0.05, 0) is 55.4 Å². The number of fused-ring (bicyclic) bond motifs is 1. The quantitative estimate of drug-likeness (QED) is 0.365. The first-order chi connectivity index (χ1) is 19.6. The van der Waals surface area contributed by atoms with Crippen LogP contribution >= 0.6 is 0 Å². The van der Waals surface area contributed by atoms with Crippen molar-refractivity contribution in [2.75, 3.05) is 58.4 Å². The number of anilines is 4. The summed E-state index contributed by atoms with van der Waals surface area (Å²) in [4.78, 5) is 17.6. The molecule has 0 bridgehead atoms. The number of rotatable bonds is 8. The zero-order chi connectivity index (χ0) is 28.8. The van der Waals surface area contributed by atoms with Gasteiger partial charge in [0.25, 0.3) is 11.8 Å². The monoisotopic (exact) mass is 589 g/mol. The van der Waals surface area contributed by atoms with Crippen molar-refractivity contribution in [3.05, 3.63) is 42.4 Å². The minimum absolute atomic E-state index is 0.154. The number of hydrogen-bond donors (Lipinski definition) is 3.